The summed E-state index contributed by atoms with van der Waals surface area (Å²) in [5.74, 6) is 1.83. The van der Waals surface area contributed by atoms with E-state index in [9.17, 15) is 5.11 Å². The number of hydrogen-bond donors (Lipinski definition) is 1. The lowest BCUT2D eigenvalue weighted by Crippen LogP contribution is -2.31. The maximum Gasteiger partial charge on any atom is 0.203 e. The molecule has 1 aliphatic rings. The van der Waals surface area contributed by atoms with Crippen LogP contribution >= 0.6 is 0 Å². The topological polar surface area (TPSA) is 53.7 Å². The second-order valence-electron chi connectivity index (χ2n) is 5.15. The van der Waals surface area contributed by atoms with Crippen LogP contribution in [0, 0.1) is 5.92 Å². The molecule has 5 heteroatoms. The van der Waals surface area contributed by atoms with E-state index < -0.39 is 0 Å². The van der Waals surface area contributed by atoms with Crippen LogP contribution in [0.25, 0.3) is 5.65 Å². The number of likely N-dealkylation sites (tertiary alicyclic amines) is 1. The van der Waals surface area contributed by atoms with Gasteiger partial charge in [0.2, 0.25) is 5.65 Å². The molecular formula is C13H18N4O. The number of hydrogen-bond acceptors (Lipinski definition) is 4. The van der Waals surface area contributed by atoms with Gasteiger partial charge in [0.15, 0.2) is 5.75 Å². The van der Waals surface area contributed by atoms with E-state index >= 15 is 0 Å². The van der Waals surface area contributed by atoms with Crippen molar-refractivity contribution < 1.29 is 5.11 Å². The molecule has 0 atom stereocenters. The molecule has 18 heavy (non-hydrogen) atoms. The van der Waals surface area contributed by atoms with Gasteiger partial charge in [-0.1, -0.05) is 0 Å². The lowest BCUT2D eigenvalue weighted by atomic mass is 9.93. The fraction of sp³-hybridized carbons (Fsp3) is 0.538. The molecule has 0 radical (unpaired) electrons. The van der Waals surface area contributed by atoms with Crippen LogP contribution in [0.15, 0.2) is 18.3 Å². The minimum absolute atomic E-state index is 0.194. The first-order valence-corrected chi connectivity index (χ1v) is 6.44. The number of aromatic hydroxyl groups is 1. The third kappa shape index (κ3) is 2.06. The van der Waals surface area contributed by atoms with Crippen molar-refractivity contribution in [3.63, 3.8) is 0 Å². The standard InChI is InChI=1S/C13H18N4O/c1-16-7-4-10(5-8-16)9-12-14-15-13-11(18)3-2-6-17(12)13/h2-3,6,10,18H,4-5,7-9H2,1H3. The van der Waals surface area contributed by atoms with Gasteiger partial charge in [0.05, 0.1) is 0 Å². The molecule has 2 aromatic heterocycles. The quantitative estimate of drug-likeness (QED) is 0.868. The van der Waals surface area contributed by atoms with Crippen molar-refractivity contribution in [2.24, 2.45) is 5.92 Å². The van der Waals surface area contributed by atoms with Crippen molar-refractivity contribution in [1.82, 2.24) is 19.5 Å². The predicted molar refractivity (Wildman–Crippen MR) is 68.6 cm³/mol. The largest absolute Gasteiger partial charge is 0.504 e. The van der Waals surface area contributed by atoms with Crippen LogP contribution in [-0.2, 0) is 6.42 Å². The number of fused-ring (bicyclic) bond motifs is 1. The van der Waals surface area contributed by atoms with Crippen molar-refractivity contribution in [1.29, 1.82) is 0 Å². The Morgan fingerprint density at radius 3 is 2.89 bits per heavy atom. The molecule has 1 aliphatic heterocycles. The second kappa shape index (κ2) is 4.57. The second-order valence-corrected chi connectivity index (χ2v) is 5.15. The number of nitrogens with zero attached hydrogens (tertiary/aromatic N) is 4. The SMILES string of the molecule is CN1CCC(Cc2nnc3c(O)cccn23)CC1. The van der Waals surface area contributed by atoms with Crippen molar-refractivity contribution in [2.45, 2.75) is 19.3 Å². The van der Waals surface area contributed by atoms with E-state index in [1.807, 2.05) is 16.7 Å². The maximum atomic E-state index is 9.70. The molecule has 0 aromatic carbocycles. The Hall–Kier alpha value is -1.62. The number of aromatic nitrogens is 3. The molecule has 0 spiro atoms. The van der Waals surface area contributed by atoms with Gasteiger partial charge < -0.3 is 10.0 Å². The highest BCUT2D eigenvalue weighted by Gasteiger charge is 2.19. The molecule has 1 N–H and O–H groups in total. The van der Waals surface area contributed by atoms with E-state index in [1.165, 1.54) is 12.8 Å². The summed E-state index contributed by atoms with van der Waals surface area (Å²) in [6.45, 7) is 2.32. The number of pyridine rings is 1. The number of piperidine rings is 1. The fourth-order valence-electron chi connectivity index (χ4n) is 2.61. The van der Waals surface area contributed by atoms with Crippen LogP contribution in [0.1, 0.15) is 18.7 Å². The fourth-order valence-corrected chi connectivity index (χ4v) is 2.61. The molecule has 0 amide bonds. The van der Waals surface area contributed by atoms with Crippen LogP contribution in [0.2, 0.25) is 0 Å². The Kier molecular flexibility index (Phi) is 2.91. The van der Waals surface area contributed by atoms with E-state index in [0.717, 1.165) is 25.3 Å². The molecule has 1 fully saturated rings. The van der Waals surface area contributed by atoms with Crippen LogP contribution in [0.5, 0.6) is 5.75 Å². The first-order valence-electron chi connectivity index (χ1n) is 6.44. The third-order valence-corrected chi connectivity index (χ3v) is 3.79. The van der Waals surface area contributed by atoms with Gasteiger partial charge in [-0.15, -0.1) is 10.2 Å². The number of rotatable bonds is 2. The van der Waals surface area contributed by atoms with Gasteiger partial charge in [-0.2, -0.15) is 0 Å². The first-order chi connectivity index (χ1) is 8.74. The summed E-state index contributed by atoms with van der Waals surface area (Å²) < 4.78 is 1.90. The summed E-state index contributed by atoms with van der Waals surface area (Å²) in [7, 11) is 2.17. The van der Waals surface area contributed by atoms with E-state index in [2.05, 4.69) is 22.1 Å². The van der Waals surface area contributed by atoms with Crippen molar-refractivity contribution in [2.75, 3.05) is 20.1 Å². The van der Waals surface area contributed by atoms with E-state index in [1.54, 1.807) is 6.07 Å². The molecule has 2 aromatic rings. The molecule has 0 bridgehead atoms. The van der Waals surface area contributed by atoms with E-state index in [-0.39, 0.29) is 5.75 Å². The highest BCUT2D eigenvalue weighted by atomic mass is 16.3. The molecule has 5 nitrogen and oxygen atoms in total. The molecular weight excluding hydrogens is 228 g/mol. The minimum Gasteiger partial charge on any atom is -0.504 e. The molecule has 0 unspecified atom stereocenters. The van der Waals surface area contributed by atoms with Crippen molar-refractivity contribution in [3.8, 4) is 5.75 Å². The lowest BCUT2D eigenvalue weighted by Gasteiger charge is -2.28. The molecule has 0 saturated carbocycles. The lowest BCUT2D eigenvalue weighted by molar-refractivity contribution is 0.217. The maximum absolute atomic E-state index is 9.70. The zero-order valence-corrected chi connectivity index (χ0v) is 10.6. The van der Waals surface area contributed by atoms with E-state index in [4.69, 9.17) is 0 Å². The highest BCUT2D eigenvalue weighted by molar-refractivity contribution is 5.51. The van der Waals surface area contributed by atoms with Gasteiger partial charge in [0, 0.05) is 12.6 Å². The summed E-state index contributed by atoms with van der Waals surface area (Å²) in [6.07, 6.45) is 5.28. The summed E-state index contributed by atoms with van der Waals surface area (Å²) in [5, 5.41) is 18.0. The average Bonchev–Trinajstić information content (AvgIpc) is 2.77. The van der Waals surface area contributed by atoms with Crippen molar-refractivity contribution in [3.05, 3.63) is 24.2 Å². The normalized spacial score (nSPS) is 18.5. The molecule has 3 rings (SSSR count). The van der Waals surface area contributed by atoms with E-state index in [0.29, 0.717) is 11.6 Å². The first kappa shape index (κ1) is 11.5. The zero-order valence-electron chi connectivity index (χ0n) is 10.6. The molecule has 1 saturated heterocycles. The van der Waals surface area contributed by atoms with Crippen LogP contribution in [0.3, 0.4) is 0 Å². The predicted octanol–water partition coefficient (Wildman–Crippen LogP) is 1.32. The zero-order chi connectivity index (χ0) is 12.5. The minimum atomic E-state index is 0.194. The smallest absolute Gasteiger partial charge is 0.203 e. The van der Waals surface area contributed by atoms with Gasteiger partial charge >= 0.3 is 0 Å². The molecule has 3 heterocycles. The summed E-state index contributed by atoms with van der Waals surface area (Å²) >= 11 is 0. The average molecular weight is 246 g/mol. The third-order valence-electron chi connectivity index (χ3n) is 3.79. The Bertz CT molecular complexity index is 543. The monoisotopic (exact) mass is 246 g/mol. The Balaban J connectivity index is 1.81. The van der Waals surface area contributed by atoms with Crippen LogP contribution in [0.4, 0.5) is 0 Å². The summed E-state index contributed by atoms with van der Waals surface area (Å²) in [5.41, 5.74) is 0.556. The highest BCUT2D eigenvalue weighted by Crippen LogP contribution is 2.22. The van der Waals surface area contributed by atoms with Crippen LogP contribution in [-0.4, -0.2) is 44.7 Å². The van der Waals surface area contributed by atoms with Gasteiger partial charge in [0.1, 0.15) is 5.82 Å². The van der Waals surface area contributed by atoms with Gasteiger partial charge in [0.25, 0.3) is 0 Å². The summed E-state index contributed by atoms with van der Waals surface area (Å²) in [4.78, 5) is 2.37. The van der Waals surface area contributed by atoms with Gasteiger partial charge in [-0.3, -0.25) is 4.40 Å². The Labute approximate surface area is 106 Å². The Morgan fingerprint density at radius 1 is 1.33 bits per heavy atom. The molecule has 96 valence electrons. The Morgan fingerprint density at radius 2 is 2.11 bits per heavy atom. The van der Waals surface area contributed by atoms with Crippen LogP contribution < -0.4 is 0 Å². The molecule has 0 aliphatic carbocycles. The van der Waals surface area contributed by atoms with Gasteiger partial charge in [-0.05, 0) is 51.0 Å². The van der Waals surface area contributed by atoms with Gasteiger partial charge in [-0.25, -0.2) is 0 Å². The summed E-state index contributed by atoms with van der Waals surface area (Å²) in [6, 6.07) is 3.47. The van der Waals surface area contributed by atoms with Crippen molar-refractivity contribution >= 4 is 5.65 Å².